The predicted octanol–water partition coefficient (Wildman–Crippen LogP) is 4.14. The Labute approximate surface area is 169 Å². The monoisotopic (exact) mass is 396 g/mol. The summed E-state index contributed by atoms with van der Waals surface area (Å²) in [7, 11) is 1.65. The standard InChI is InChI=1S/C22H24N2O3S/c1-3-7-17-8-4-5-11-21(17)27-15-19(25)16-28-22-23-12-13-24(22)18-9-6-10-20(14-18)26-2/h3-6,8-14,19,25H,1,7,15-16H2,2H3. The van der Waals surface area contributed by atoms with Crippen molar-refractivity contribution in [2.45, 2.75) is 17.7 Å². The van der Waals surface area contributed by atoms with Gasteiger partial charge in [0.05, 0.1) is 18.9 Å². The summed E-state index contributed by atoms with van der Waals surface area (Å²) in [6.07, 6.45) is 5.60. The summed E-state index contributed by atoms with van der Waals surface area (Å²) in [4.78, 5) is 4.40. The van der Waals surface area contributed by atoms with Gasteiger partial charge in [-0.25, -0.2) is 4.98 Å². The lowest BCUT2D eigenvalue weighted by Crippen LogP contribution is -2.20. The molecule has 1 aromatic heterocycles. The van der Waals surface area contributed by atoms with Crippen LogP contribution in [-0.2, 0) is 6.42 Å². The van der Waals surface area contributed by atoms with Gasteiger partial charge in [0, 0.05) is 24.2 Å². The summed E-state index contributed by atoms with van der Waals surface area (Å²) in [5.74, 6) is 2.04. The van der Waals surface area contributed by atoms with Crippen molar-refractivity contribution in [2.24, 2.45) is 0 Å². The molecule has 1 unspecified atom stereocenters. The molecule has 1 N–H and O–H groups in total. The van der Waals surface area contributed by atoms with E-state index >= 15 is 0 Å². The molecule has 0 aliphatic carbocycles. The number of imidazole rings is 1. The van der Waals surface area contributed by atoms with Crippen molar-refractivity contribution >= 4 is 11.8 Å². The van der Waals surface area contributed by atoms with Crippen LogP contribution in [0.25, 0.3) is 5.69 Å². The quantitative estimate of drug-likeness (QED) is 0.412. The largest absolute Gasteiger partial charge is 0.497 e. The SMILES string of the molecule is C=CCc1ccccc1OCC(O)CSc1nccn1-c1cccc(OC)c1. The molecule has 0 fully saturated rings. The van der Waals surface area contributed by atoms with Gasteiger partial charge in [0.25, 0.3) is 0 Å². The molecule has 3 aromatic rings. The zero-order valence-electron chi connectivity index (χ0n) is 15.8. The van der Waals surface area contributed by atoms with E-state index in [0.717, 1.165) is 34.3 Å². The van der Waals surface area contributed by atoms with Crippen molar-refractivity contribution in [1.82, 2.24) is 9.55 Å². The van der Waals surface area contributed by atoms with Crippen LogP contribution in [-0.4, -0.2) is 40.2 Å². The first-order valence-electron chi connectivity index (χ1n) is 9.01. The molecule has 6 heteroatoms. The van der Waals surface area contributed by atoms with Crippen molar-refractivity contribution < 1.29 is 14.6 Å². The van der Waals surface area contributed by atoms with Gasteiger partial charge >= 0.3 is 0 Å². The van der Waals surface area contributed by atoms with Crippen LogP contribution in [0.1, 0.15) is 5.56 Å². The Morgan fingerprint density at radius 3 is 2.93 bits per heavy atom. The number of benzene rings is 2. The van der Waals surface area contributed by atoms with Crippen molar-refractivity contribution in [3.05, 3.63) is 79.1 Å². The number of para-hydroxylation sites is 1. The fraction of sp³-hybridized carbons (Fsp3) is 0.227. The molecule has 146 valence electrons. The lowest BCUT2D eigenvalue weighted by molar-refractivity contribution is 0.126. The maximum absolute atomic E-state index is 10.4. The number of aromatic nitrogens is 2. The number of hydrogen-bond donors (Lipinski definition) is 1. The number of methoxy groups -OCH3 is 1. The summed E-state index contributed by atoms with van der Waals surface area (Å²) < 4.78 is 13.1. The molecule has 0 aliphatic heterocycles. The normalized spacial score (nSPS) is 11.8. The maximum Gasteiger partial charge on any atom is 0.172 e. The fourth-order valence-electron chi connectivity index (χ4n) is 2.73. The maximum atomic E-state index is 10.4. The van der Waals surface area contributed by atoms with Crippen LogP contribution in [0.4, 0.5) is 0 Å². The minimum Gasteiger partial charge on any atom is -0.497 e. The summed E-state index contributed by atoms with van der Waals surface area (Å²) >= 11 is 1.48. The summed E-state index contributed by atoms with van der Waals surface area (Å²) in [5, 5.41) is 11.2. The highest BCUT2D eigenvalue weighted by molar-refractivity contribution is 7.99. The van der Waals surface area contributed by atoms with Crippen LogP contribution in [0.3, 0.4) is 0 Å². The Morgan fingerprint density at radius 1 is 1.25 bits per heavy atom. The minimum absolute atomic E-state index is 0.223. The molecule has 0 saturated carbocycles. The third-order valence-corrected chi connectivity index (χ3v) is 5.22. The van der Waals surface area contributed by atoms with E-state index in [4.69, 9.17) is 9.47 Å². The van der Waals surface area contributed by atoms with E-state index in [1.807, 2.05) is 65.4 Å². The highest BCUT2D eigenvalue weighted by Gasteiger charge is 2.12. The summed E-state index contributed by atoms with van der Waals surface area (Å²) in [6, 6.07) is 15.6. The van der Waals surface area contributed by atoms with E-state index in [1.165, 1.54) is 11.8 Å². The molecule has 1 atom stereocenters. The predicted molar refractivity (Wildman–Crippen MR) is 113 cm³/mol. The van der Waals surface area contributed by atoms with Crippen molar-refractivity contribution in [2.75, 3.05) is 19.5 Å². The minimum atomic E-state index is -0.614. The van der Waals surface area contributed by atoms with Gasteiger partial charge in [0.15, 0.2) is 5.16 Å². The van der Waals surface area contributed by atoms with Gasteiger partial charge in [-0.2, -0.15) is 0 Å². The topological polar surface area (TPSA) is 56.5 Å². The van der Waals surface area contributed by atoms with Gasteiger partial charge in [-0.1, -0.05) is 42.1 Å². The Morgan fingerprint density at radius 2 is 2.11 bits per heavy atom. The molecule has 1 heterocycles. The first-order chi connectivity index (χ1) is 13.7. The molecule has 2 aromatic carbocycles. The highest BCUT2D eigenvalue weighted by Crippen LogP contribution is 2.24. The number of aliphatic hydroxyl groups is 1. The lowest BCUT2D eigenvalue weighted by atomic mass is 10.1. The molecule has 3 rings (SSSR count). The average Bonchev–Trinajstić information content (AvgIpc) is 3.20. The van der Waals surface area contributed by atoms with Gasteiger partial charge in [-0.05, 0) is 30.2 Å². The first kappa shape index (κ1) is 20.0. The summed E-state index contributed by atoms with van der Waals surface area (Å²) in [5.41, 5.74) is 2.02. The molecule has 0 bridgehead atoms. The van der Waals surface area contributed by atoms with Crippen LogP contribution in [0.2, 0.25) is 0 Å². The third-order valence-electron chi connectivity index (χ3n) is 4.11. The van der Waals surface area contributed by atoms with Crippen LogP contribution < -0.4 is 9.47 Å². The Hall–Kier alpha value is -2.70. The zero-order valence-corrected chi connectivity index (χ0v) is 16.6. The Kier molecular flexibility index (Phi) is 7.17. The number of ether oxygens (including phenoxy) is 2. The van der Waals surface area contributed by atoms with E-state index in [-0.39, 0.29) is 6.61 Å². The Balaban J connectivity index is 1.58. The molecule has 0 spiro atoms. The molecule has 0 amide bonds. The fourth-order valence-corrected chi connectivity index (χ4v) is 3.61. The summed E-state index contributed by atoms with van der Waals surface area (Å²) in [6.45, 7) is 3.99. The third kappa shape index (κ3) is 5.18. The number of thioether (sulfide) groups is 1. The smallest absolute Gasteiger partial charge is 0.172 e. The molecule has 5 nitrogen and oxygen atoms in total. The van der Waals surface area contributed by atoms with E-state index in [1.54, 1.807) is 13.3 Å². The van der Waals surface area contributed by atoms with Gasteiger partial charge in [-0.15, -0.1) is 6.58 Å². The second-order valence-electron chi connectivity index (χ2n) is 6.16. The number of nitrogens with zero attached hydrogens (tertiary/aromatic N) is 2. The number of allylic oxidation sites excluding steroid dienone is 1. The number of hydrogen-bond acceptors (Lipinski definition) is 5. The zero-order chi connectivity index (χ0) is 19.8. The van der Waals surface area contributed by atoms with Crippen LogP contribution >= 0.6 is 11.8 Å². The van der Waals surface area contributed by atoms with Crippen molar-refractivity contribution in [3.8, 4) is 17.2 Å². The van der Waals surface area contributed by atoms with E-state index in [9.17, 15) is 5.11 Å². The van der Waals surface area contributed by atoms with Crippen molar-refractivity contribution in [1.29, 1.82) is 0 Å². The molecule has 0 saturated heterocycles. The number of aliphatic hydroxyl groups excluding tert-OH is 1. The molecular weight excluding hydrogens is 372 g/mol. The molecular formula is C22H24N2O3S. The van der Waals surface area contributed by atoms with Gasteiger partial charge in [-0.3, -0.25) is 4.57 Å². The first-order valence-corrected chi connectivity index (χ1v) is 10.00. The molecule has 0 radical (unpaired) electrons. The van der Waals surface area contributed by atoms with Gasteiger partial charge < -0.3 is 14.6 Å². The average molecular weight is 397 g/mol. The highest BCUT2D eigenvalue weighted by atomic mass is 32.2. The Bertz CT molecular complexity index is 910. The lowest BCUT2D eigenvalue weighted by Gasteiger charge is -2.15. The van der Waals surface area contributed by atoms with Crippen molar-refractivity contribution in [3.63, 3.8) is 0 Å². The second kappa shape index (κ2) is 10.0. The second-order valence-corrected chi connectivity index (χ2v) is 7.14. The van der Waals surface area contributed by atoms with Gasteiger partial charge in [0.1, 0.15) is 18.1 Å². The van der Waals surface area contributed by atoms with E-state index in [2.05, 4.69) is 11.6 Å². The molecule has 0 aliphatic rings. The number of rotatable bonds is 10. The van der Waals surface area contributed by atoms with Crippen LogP contribution in [0.15, 0.2) is 78.7 Å². The van der Waals surface area contributed by atoms with Gasteiger partial charge in [0.2, 0.25) is 0 Å². The van der Waals surface area contributed by atoms with Crippen LogP contribution in [0, 0.1) is 0 Å². The van der Waals surface area contributed by atoms with E-state index < -0.39 is 6.10 Å². The van der Waals surface area contributed by atoms with E-state index in [0.29, 0.717) is 5.75 Å². The molecule has 28 heavy (non-hydrogen) atoms. The van der Waals surface area contributed by atoms with Crippen LogP contribution in [0.5, 0.6) is 11.5 Å².